The Bertz CT molecular complexity index is 563. The average Bonchev–Trinajstić information content (AvgIpc) is 2.48. The van der Waals surface area contributed by atoms with Crippen molar-refractivity contribution in [2.24, 2.45) is 0 Å². The zero-order valence-electron chi connectivity index (χ0n) is 12.2. The molecule has 0 bridgehead atoms. The number of hydrogen-bond acceptors (Lipinski definition) is 6. The van der Waals surface area contributed by atoms with Crippen LogP contribution < -0.4 is 4.74 Å². The Kier molecular flexibility index (Phi) is 5.45. The molecule has 0 saturated heterocycles. The molecule has 2 rings (SSSR count). The minimum absolute atomic E-state index is 0.0551. The molecule has 1 atom stereocenters. The highest BCUT2D eigenvalue weighted by Crippen LogP contribution is 2.30. The second-order valence-corrected chi connectivity index (χ2v) is 4.55. The minimum Gasteiger partial charge on any atom is -0.507 e. The van der Waals surface area contributed by atoms with Gasteiger partial charge in [-0.3, -0.25) is 0 Å². The molecule has 0 radical (unpaired) electrons. The predicted molar refractivity (Wildman–Crippen MR) is 77.9 cm³/mol. The molecule has 21 heavy (non-hydrogen) atoms. The van der Waals surface area contributed by atoms with E-state index < -0.39 is 0 Å². The van der Waals surface area contributed by atoms with Crippen LogP contribution in [0.4, 0.5) is 0 Å². The van der Waals surface area contributed by atoms with E-state index in [1.165, 1.54) is 18.7 Å². The lowest BCUT2D eigenvalue weighted by Crippen LogP contribution is -2.16. The largest absolute Gasteiger partial charge is 0.507 e. The van der Waals surface area contributed by atoms with E-state index in [4.69, 9.17) is 9.47 Å². The number of phenols is 1. The molecule has 6 heteroatoms. The Morgan fingerprint density at radius 2 is 2.00 bits per heavy atom. The van der Waals surface area contributed by atoms with E-state index in [1.54, 1.807) is 12.1 Å². The van der Waals surface area contributed by atoms with E-state index in [1.807, 2.05) is 6.92 Å². The maximum Gasteiger partial charge on any atom is 0.196 e. The molecule has 1 heterocycles. The van der Waals surface area contributed by atoms with Gasteiger partial charge in [0.2, 0.25) is 0 Å². The molecule has 112 valence electrons. The summed E-state index contributed by atoms with van der Waals surface area (Å²) in [6, 6.07) is 4.98. The van der Waals surface area contributed by atoms with Crippen LogP contribution >= 0.6 is 0 Å². The van der Waals surface area contributed by atoms with Crippen LogP contribution in [-0.4, -0.2) is 33.0 Å². The molecular formula is C15H19N3O3. The van der Waals surface area contributed by atoms with Gasteiger partial charge in [-0.15, -0.1) is 0 Å². The first-order valence-corrected chi connectivity index (χ1v) is 6.94. The van der Waals surface area contributed by atoms with Gasteiger partial charge in [0.25, 0.3) is 0 Å². The SMILES string of the molecule is CCCCOC(C)Oc1ccc(-c2ncncn2)c(O)c1. The van der Waals surface area contributed by atoms with Crippen molar-refractivity contribution in [1.82, 2.24) is 15.0 Å². The fourth-order valence-electron chi connectivity index (χ4n) is 1.77. The van der Waals surface area contributed by atoms with Crippen LogP contribution in [-0.2, 0) is 4.74 Å². The maximum absolute atomic E-state index is 10.1. The van der Waals surface area contributed by atoms with Gasteiger partial charge < -0.3 is 14.6 Å². The van der Waals surface area contributed by atoms with Gasteiger partial charge in [-0.05, 0) is 25.5 Å². The number of nitrogens with zero attached hydrogens (tertiary/aromatic N) is 3. The molecule has 0 aliphatic rings. The van der Waals surface area contributed by atoms with E-state index in [9.17, 15) is 5.11 Å². The first kappa shape index (κ1) is 15.2. The highest BCUT2D eigenvalue weighted by molar-refractivity contribution is 5.64. The maximum atomic E-state index is 10.1. The number of unbranched alkanes of at least 4 members (excludes halogenated alkanes) is 1. The van der Waals surface area contributed by atoms with Crippen LogP contribution in [0.15, 0.2) is 30.9 Å². The van der Waals surface area contributed by atoms with Gasteiger partial charge in [0.05, 0.1) is 12.2 Å². The van der Waals surface area contributed by atoms with Crippen molar-refractivity contribution in [3.63, 3.8) is 0 Å². The number of phenolic OH excluding ortho intramolecular Hbond substituents is 1. The quantitative estimate of drug-likeness (QED) is 0.624. The van der Waals surface area contributed by atoms with Crippen LogP contribution in [0.25, 0.3) is 11.4 Å². The zero-order valence-corrected chi connectivity index (χ0v) is 12.2. The van der Waals surface area contributed by atoms with Crippen LogP contribution in [0.3, 0.4) is 0 Å². The molecule has 0 fully saturated rings. The van der Waals surface area contributed by atoms with Crippen LogP contribution in [0, 0.1) is 0 Å². The molecule has 0 spiro atoms. The first-order valence-electron chi connectivity index (χ1n) is 6.94. The smallest absolute Gasteiger partial charge is 0.196 e. The summed E-state index contributed by atoms with van der Waals surface area (Å²) >= 11 is 0. The molecule has 0 aliphatic carbocycles. The van der Waals surface area contributed by atoms with Crippen LogP contribution in [0.2, 0.25) is 0 Å². The molecule has 0 saturated carbocycles. The molecule has 1 unspecified atom stereocenters. The van der Waals surface area contributed by atoms with Crippen molar-refractivity contribution < 1.29 is 14.6 Å². The second-order valence-electron chi connectivity index (χ2n) is 4.55. The summed E-state index contributed by atoms with van der Waals surface area (Å²) in [4.78, 5) is 11.8. The van der Waals surface area contributed by atoms with Crippen molar-refractivity contribution in [3.05, 3.63) is 30.9 Å². The Balaban J connectivity index is 2.02. The molecule has 0 aliphatic heterocycles. The summed E-state index contributed by atoms with van der Waals surface area (Å²) in [6.45, 7) is 4.59. The lowest BCUT2D eigenvalue weighted by atomic mass is 10.2. The summed E-state index contributed by atoms with van der Waals surface area (Å²) in [7, 11) is 0. The van der Waals surface area contributed by atoms with Crippen molar-refractivity contribution in [2.45, 2.75) is 33.0 Å². The molecule has 1 aromatic carbocycles. The molecule has 6 nitrogen and oxygen atoms in total. The van der Waals surface area contributed by atoms with E-state index >= 15 is 0 Å². The molecule has 0 amide bonds. The van der Waals surface area contributed by atoms with E-state index in [2.05, 4.69) is 21.9 Å². The highest BCUT2D eigenvalue weighted by Gasteiger charge is 2.10. The summed E-state index contributed by atoms with van der Waals surface area (Å²) in [5.74, 6) is 1.01. The topological polar surface area (TPSA) is 77.4 Å². The van der Waals surface area contributed by atoms with E-state index in [0.717, 1.165) is 12.8 Å². The summed E-state index contributed by atoms with van der Waals surface area (Å²) in [5, 5.41) is 10.1. The molecule has 1 aromatic heterocycles. The lowest BCUT2D eigenvalue weighted by molar-refractivity contribution is -0.0674. The third-order valence-electron chi connectivity index (χ3n) is 2.86. The fraction of sp³-hybridized carbons (Fsp3) is 0.400. The van der Waals surface area contributed by atoms with Crippen molar-refractivity contribution in [2.75, 3.05) is 6.61 Å². The Hall–Kier alpha value is -2.21. The standard InChI is InChI=1S/C15H19N3O3/c1-3-4-7-20-11(2)21-12-5-6-13(14(19)8-12)15-17-9-16-10-18-15/h5-6,8-11,19H,3-4,7H2,1-2H3. The molecular weight excluding hydrogens is 270 g/mol. The minimum atomic E-state index is -0.362. The number of ether oxygens (including phenoxy) is 2. The zero-order chi connectivity index (χ0) is 15.1. The van der Waals surface area contributed by atoms with Gasteiger partial charge >= 0.3 is 0 Å². The lowest BCUT2D eigenvalue weighted by Gasteiger charge is -2.15. The van der Waals surface area contributed by atoms with E-state index in [-0.39, 0.29) is 12.0 Å². The van der Waals surface area contributed by atoms with Gasteiger partial charge in [0.15, 0.2) is 12.1 Å². The number of aromatic nitrogens is 3. The van der Waals surface area contributed by atoms with Crippen molar-refractivity contribution in [3.8, 4) is 22.9 Å². The van der Waals surface area contributed by atoms with Gasteiger partial charge in [-0.1, -0.05) is 13.3 Å². The second kappa shape index (κ2) is 7.54. The normalized spacial score (nSPS) is 12.1. The Labute approximate surface area is 123 Å². The number of hydrogen-bond donors (Lipinski definition) is 1. The fourth-order valence-corrected chi connectivity index (χ4v) is 1.77. The van der Waals surface area contributed by atoms with Gasteiger partial charge in [0, 0.05) is 6.07 Å². The summed E-state index contributed by atoms with van der Waals surface area (Å²) < 4.78 is 11.1. The van der Waals surface area contributed by atoms with E-state index in [0.29, 0.717) is 23.7 Å². The molecule has 2 aromatic rings. The number of aromatic hydroxyl groups is 1. The highest BCUT2D eigenvalue weighted by atomic mass is 16.7. The number of benzene rings is 1. The predicted octanol–water partition coefficient (Wildman–Crippen LogP) is 2.79. The van der Waals surface area contributed by atoms with Gasteiger partial charge in [0.1, 0.15) is 24.2 Å². The van der Waals surface area contributed by atoms with Crippen LogP contribution in [0.5, 0.6) is 11.5 Å². The van der Waals surface area contributed by atoms with Crippen LogP contribution in [0.1, 0.15) is 26.7 Å². The Morgan fingerprint density at radius 3 is 2.67 bits per heavy atom. The summed E-state index contributed by atoms with van der Waals surface area (Å²) in [5.41, 5.74) is 0.532. The van der Waals surface area contributed by atoms with Gasteiger partial charge in [-0.2, -0.15) is 0 Å². The Morgan fingerprint density at radius 1 is 1.24 bits per heavy atom. The van der Waals surface area contributed by atoms with Gasteiger partial charge in [-0.25, -0.2) is 15.0 Å². The third-order valence-corrected chi connectivity index (χ3v) is 2.86. The van der Waals surface area contributed by atoms with Crippen molar-refractivity contribution in [1.29, 1.82) is 0 Å². The van der Waals surface area contributed by atoms with Crippen molar-refractivity contribution >= 4 is 0 Å². The monoisotopic (exact) mass is 289 g/mol. The summed E-state index contributed by atoms with van der Waals surface area (Å²) in [6.07, 6.45) is 4.48. The number of rotatable bonds is 7. The first-order chi connectivity index (χ1) is 10.2. The molecule has 1 N–H and O–H groups in total. The third kappa shape index (κ3) is 4.39. The average molecular weight is 289 g/mol.